The second-order valence-corrected chi connectivity index (χ2v) is 15.2. The lowest BCUT2D eigenvalue weighted by molar-refractivity contribution is -0.141. The van der Waals surface area contributed by atoms with E-state index < -0.39 is 30.2 Å². The van der Waals surface area contributed by atoms with E-state index in [9.17, 15) is 29.1 Å². The number of ether oxygens (including phenoxy) is 1. The summed E-state index contributed by atoms with van der Waals surface area (Å²) in [6.45, 7) is 4.80. The van der Waals surface area contributed by atoms with Gasteiger partial charge in [-0.1, -0.05) is 62.4 Å². The van der Waals surface area contributed by atoms with E-state index in [1.54, 1.807) is 36.3 Å². The molecular weight excluding hydrogens is 731 g/mol. The number of likely N-dealkylation sites (tertiary alicyclic amines) is 2. The number of methoxy groups -OCH3 is 1. The van der Waals surface area contributed by atoms with Crippen LogP contribution in [0.3, 0.4) is 0 Å². The first kappa shape index (κ1) is 40.5. The summed E-state index contributed by atoms with van der Waals surface area (Å²) in [5.74, 6) is 0.288. The van der Waals surface area contributed by atoms with Crippen LogP contribution < -0.4 is 5.32 Å². The van der Waals surface area contributed by atoms with Crippen molar-refractivity contribution in [2.24, 2.45) is 5.92 Å². The highest BCUT2D eigenvalue weighted by molar-refractivity contribution is 5.91. The quantitative estimate of drug-likeness (QED) is 0.147. The van der Waals surface area contributed by atoms with Gasteiger partial charge in [-0.25, -0.2) is 19.6 Å². The van der Waals surface area contributed by atoms with Crippen LogP contribution in [0, 0.1) is 5.92 Å². The summed E-state index contributed by atoms with van der Waals surface area (Å²) in [7, 11) is 5.74. The van der Waals surface area contributed by atoms with E-state index in [1.165, 1.54) is 19.1 Å². The van der Waals surface area contributed by atoms with Gasteiger partial charge in [-0.2, -0.15) is 0 Å². The van der Waals surface area contributed by atoms with Crippen LogP contribution in [0.25, 0.3) is 33.6 Å². The molecule has 2 aromatic carbocycles. The van der Waals surface area contributed by atoms with Crippen LogP contribution in [-0.4, -0.2) is 128 Å². The highest BCUT2D eigenvalue weighted by atomic mass is 16.5. The summed E-state index contributed by atoms with van der Waals surface area (Å²) in [5, 5.41) is 12.3. The first-order chi connectivity index (χ1) is 27.3. The maximum Gasteiger partial charge on any atom is 0.407 e. The summed E-state index contributed by atoms with van der Waals surface area (Å²) >= 11 is 0. The zero-order valence-electron chi connectivity index (χ0n) is 33.2. The molecule has 4 heterocycles. The van der Waals surface area contributed by atoms with Crippen molar-refractivity contribution in [3.63, 3.8) is 0 Å². The smallest absolute Gasteiger partial charge is 0.407 e. The maximum atomic E-state index is 13.7. The number of rotatable bonds is 12. The zero-order chi connectivity index (χ0) is 41.0. The van der Waals surface area contributed by atoms with Crippen molar-refractivity contribution >= 4 is 29.9 Å². The number of aromatic amines is 2. The molecule has 16 nitrogen and oxygen atoms in total. The highest BCUT2D eigenvalue weighted by Gasteiger charge is 2.40. The van der Waals surface area contributed by atoms with Gasteiger partial charge in [0.1, 0.15) is 23.7 Å². The van der Waals surface area contributed by atoms with Gasteiger partial charge in [-0.3, -0.25) is 19.3 Å². The Morgan fingerprint density at radius 3 is 1.67 bits per heavy atom. The predicted molar refractivity (Wildman–Crippen MR) is 211 cm³/mol. The van der Waals surface area contributed by atoms with Gasteiger partial charge in [0.05, 0.1) is 49.4 Å². The molecule has 16 heteroatoms. The number of hydrogen-bond acceptors (Lipinski definition) is 8. The third kappa shape index (κ3) is 8.79. The van der Waals surface area contributed by atoms with Gasteiger partial charge >= 0.3 is 12.2 Å². The SMILES string of the molecule is COC(=O)N[C@H](C(=O)N1CCC[C@H]1c1ncc(-c2ccc(-c3ccc(-c4cnc([C@@H]5CCCN5C(=O)[C@H](CC(=O)N(C)C)N(C)C(=O)O)[nH]4)cc3)cc2)[nH]1)C(C)C. The van der Waals surface area contributed by atoms with Gasteiger partial charge in [0.15, 0.2) is 0 Å². The molecule has 2 aliphatic heterocycles. The van der Waals surface area contributed by atoms with Gasteiger partial charge in [0, 0.05) is 34.2 Å². The van der Waals surface area contributed by atoms with Crippen LogP contribution in [0.1, 0.15) is 69.7 Å². The van der Waals surface area contributed by atoms with Gasteiger partial charge < -0.3 is 39.8 Å². The minimum atomic E-state index is -1.28. The van der Waals surface area contributed by atoms with Crippen molar-refractivity contribution in [3.05, 3.63) is 72.6 Å². The fraction of sp³-hybridized carbons (Fsp3) is 0.439. The van der Waals surface area contributed by atoms with Crippen LogP contribution in [0.2, 0.25) is 0 Å². The Bertz CT molecular complexity index is 2080. The lowest BCUT2D eigenvalue weighted by Gasteiger charge is -2.32. The molecular formula is C41H51N9O7. The molecule has 6 rings (SSSR count). The van der Waals surface area contributed by atoms with Gasteiger partial charge in [-0.05, 0) is 53.9 Å². The minimum absolute atomic E-state index is 0.117. The van der Waals surface area contributed by atoms with E-state index in [0.717, 1.165) is 57.8 Å². The summed E-state index contributed by atoms with van der Waals surface area (Å²) in [6, 6.07) is 13.8. The van der Waals surface area contributed by atoms with E-state index in [-0.39, 0.29) is 36.2 Å². The maximum absolute atomic E-state index is 13.7. The molecule has 0 spiro atoms. The molecule has 2 aromatic heterocycles. The molecule has 302 valence electrons. The van der Waals surface area contributed by atoms with Crippen molar-refractivity contribution in [1.82, 2.24) is 44.9 Å². The van der Waals surface area contributed by atoms with E-state index >= 15 is 0 Å². The molecule has 0 aliphatic carbocycles. The highest BCUT2D eigenvalue weighted by Crippen LogP contribution is 2.35. The van der Waals surface area contributed by atoms with Crippen LogP contribution in [0.5, 0.6) is 0 Å². The van der Waals surface area contributed by atoms with Crippen LogP contribution >= 0.6 is 0 Å². The number of aromatic nitrogens is 4. The number of carboxylic acid groups (broad SMARTS) is 1. The van der Waals surface area contributed by atoms with E-state index in [1.807, 2.05) is 62.4 Å². The minimum Gasteiger partial charge on any atom is -0.465 e. The molecule has 4 atom stereocenters. The van der Waals surface area contributed by atoms with E-state index in [2.05, 4.69) is 25.3 Å². The standard InChI is InChI=1S/C41H51N9O7/c1-24(2)35(46-40(54)57-6)39(53)50-20-8-10-32(50)37-43-23-30(45-37)28-17-13-26(14-18-28)25-11-15-27(16-12-25)29-22-42-36(44-29)31-9-7-19-49(31)38(52)33(48(5)41(55)56)21-34(51)47(3)4/h11-18,22-24,31-33,35H,7-10,19-21H2,1-6H3,(H,42,44)(H,43,45)(H,46,54)(H,55,56)/t31-,32-,33-,35-/m0/s1. The van der Waals surface area contributed by atoms with Gasteiger partial charge in [0.2, 0.25) is 17.7 Å². The summed E-state index contributed by atoms with van der Waals surface area (Å²) < 4.78 is 4.75. The molecule has 4 N–H and O–H groups in total. The number of nitrogens with zero attached hydrogens (tertiary/aromatic N) is 6. The van der Waals surface area contributed by atoms with Gasteiger partial charge in [0.25, 0.3) is 0 Å². The molecule has 0 saturated carbocycles. The van der Waals surface area contributed by atoms with Crippen molar-refractivity contribution in [2.45, 2.75) is 70.1 Å². The number of amides is 5. The Labute approximate surface area is 331 Å². The summed E-state index contributed by atoms with van der Waals surface area (Å²) in [4.78, 5) is 85.3. The Hall–Kier alpha value is -6.19. The fourth-order valence-corrected chi connectivity index (χ4v) is 7.56. The third-order valence-electron chi connectivity index (χ3n) is 10.9. The largest absolute Gasteiger partial charge is 0.465 e. The normalized spacial score (nSPS) is 17.7. The Balaban J connectivity index is 1.11. The first-order valence-corrected chi connectivity index (χ1v) is 19.2. The number of likely N-dealkylation sites (N-methyl/N-ethyl adjacent to an activating group) is 1. The van der Waals surface area contributed by atoms with E-state index in [0.29, 0.717) is 31.2 Å². The third-order valence-corrected chi connectivity index (χ3v) is 10.9. The van der Waals surface area contributed by atoms with Crippen LogP contribution in [0.15, 0.2) is 60.9 Å². The monoisotopic (exact) mass is 781 g/mol. The lowest BCUT2D eigenvalue weighted by atomic mass is 10.0. The number of H-pyrrole nitrogens is 2. The topological polar surface area (TPSA) is 197 Å². The molecule has 0 bridgehead atoms. The van der Waals surface area contributed by atoms with Crippen molar-refractivity contribution in [3.8, 4) is 33.6 Å². The molecule has 57 heavy (non-hydrogen) atoms. The lowest BCUT2D eigenvalue weighted by Crippen LogP contribution is -2.51. The molecule has 2 saturated heterocycles. The average Bonchev–Trinajstić information content (AvgIpc) is 4.05. The van der Waals surface area contributed by atoms with Crippen molar-refractivity contribution < 1.29 is 33.8 Å². The summed E-state index contributed by atoms with van der Waals surface area (Å²) in [6.07, 6.45) is 4.34. The van der Waals surface area contributed by atoms with Crippen LogP contribution in [-0.2, 0) is 19.1 Å². The Morgan fingerprint density at radius 1 is 0.789 bits per heavy atom. The molecule has 5 amide bonds. The van der Waals surface area contributed by atoms with Crippen molar-refractivity contribution in [1.29, 1.82) is 0 Å². The molecule has 4 aromatic rings. The zero-order valence-corrected chi connectivity index (χ0v) is 33.2. The number of benzene rings is 2. The number of hydrogen-bond donors (Lipinski definition) is 4. The Kier molecular flexibility index (Phi) is 12.3. The fourth-order valence-electron chi connectivity index (χ4n) is 7.56. The Morgan fingerprint density at radius 2 is 1.25 bits per heavy atom. The predicted octanol–water partition coefficient (Wildman–Crippen LogP) is 5.30. The van der Waals surface area contributed by atoms with Crippen LogP contribution in [0.4, 0.5) is 9.59 Å². The number of alkyl carbamates (subject to hydrolysis) is 1. The average molecular weight is 782 g/mol. The second-order valence-electron chi connectivity index (χ2n) is 15.2. The number of imidazole rings is 2. The first-order valence-electron chi connectivity index (χ1n) is 19.2. The van der Waals surface area contributed by atoms with Crippen molar-refractivity contribution in [2.75, 3.05) is 41.3 Å². The molecule has 0 unspecified atom stereocenters. The second kappa shape index (κ2) is 17.3. The number of nitrogens with one attached hydrogen (secondary N) is 3. The molecule has 2 fully saturated rings. The summed E-state index contributed by atoms with van der Waals surface area (Å²) in [5.41, 5.74) is 5.52. The van der Waals surface area contributed by atoms with Gasteiger partial charge in [-0.15, -0.1) is 0 Å². The number of carbonyl (C=O) groups excluding carboxylic acids is 4. The number of carbonyl (C=O) groups is 5. The van der Waals surface area contributed by atoms with E-state index in [4.69, 9.17) is 4.74 Å². The molecule has 0 radical (unpaired) electrons. The molecule has 2 aliphatic rings.